The standard InChI is InChI=1S/C25H32FN3O2.C2HF3O2/c1-25(2,3)21-8-6-20(7-9-21)24(31)29(18-19-4-10-22(26)11-5-19)15-12-23(30)28-16-13-27-14-17-28;3-2(4,5)1(6)7/h4-11,27H,12-18H2,1-3H3;(H,6,7). The summed E-state index contributed by atoms with van der Waals surface area (Å²) in [5.74, 6) is -3.14. The summed E-state index contributed by atoms with van der Waals surface area (Å²) in [5, 5.41) is 10.4. The predicted molar refractivity (Wildman–Crippen MR) is 134 cm³/mol. The molecule has 1 aliphatic heterocycles. The minimum absolute atomic E-state index is 0.00505. The molecule has 0 atom stereocenters. The van der Waals surface area contributed by atoms with E-state index in [1.807, 2.05) is 29.2 Å². The Morgan fingerprint density at radius 2 is 1.47 bits per heavy atom. The van der Waals surface area contributed by atoms with Crippen LogP contribution in [-0.2, 0) is 21.5 Å². The van der Waals surface area contributed by atoms with E-state index in [2.05, 4.69) is 26.1 Å². The number of carboxylic acids is 1. The summed E-state index contributed by atoms with van der Waals surface area (Å²) >= 11 is 0. The molecule has 2 amide bonds. The van der Waals surface area contributed by atoms with Crippen molar-refractivity contribution in [3.8, 4) is 0 Å². The number of carboxylic acid groups (broad SMARTS) is 1. The summed E-state index contributed by atoms with van der Waals surface area (Å²) in [6, 6.07) is 13.8. The Morgan fingerprint density at radius 1 is 0.947 bits per heavy atom. The lowest BCUT2D eigenvalue weighted by Crippen LogP contribution is -2.47. The number of piperazine rings is 1. The largest absolute Gasteiger partial charge is 0.490 e. The van der Waals surface area contributed by atoms with E-state index in [9.17, 15) is 27.2 Å². The Hall–Kier alpha value is -3.47. The van der Waals surface area contributed by atoms with Crippen molar-refractivity contribution < 1.29 is 37.1 Å². The van der Waals surface area contributed by atoms with Crippen molar-refractivity contribution in [2.75, 3.05) is 32.7 Å². The zero-order valence-electron chi connectivity index (χ0n) is 21.6. The first-order valence-electron chi connectivity index (χ1n) is 12.1. The first kappa shape index (κ1) is 30.8. The fraction of sp³-hybridized carbons (Fsp3) is 0.444. The number of carbonyl (C=O) groups is 3. The van der Waals surface area contributed by atoms with Crippen molar-refractivity contribution in [1.29, 1.82) is 0 Å². The SMILES string of the molecule is CC(C)(C)c1ccc(C(=O)N(CCC(=O)N2CCNCC2)Cc2ccc(F)cc2)cc1.O=C(O)C(F)(F)F. The van der Waals surface area contributed by atoms with Crippen molar-refractivity contribution in [3.63, 3.8) is 0 Å². The van der Waals surface area contributed by atoms with E-state index in [1.54, 1.807) is 17.0 Å². The van der Waals surface area contributed by atoms with Crippen LogP contribution in [0.15, 0.2) is 48.5 Å². The molecule has 7 nitrogen and oxygen atoms in total. The van der Waals surface area contributed by atoms with Gasteiger partial charge in [0.25, 0.3) is 5.91 Å². The maximum atomic E-state index is 13.3. The third-order valence-corrected chi connectivity index (χ3v) is 5.88. The van der Waals surface area contributed by atoms with Gasteiger partial charge in [0.2, 0.25) is 5.91 Å². The van der Waals surface area contributed by atoms with E-state index in [0.29, 0.717) is 31.7 Å². The highest BCUT2D eigenvalue weighted by Gasteiger charge is 2.38. The first-order valence-corrected chi connectivity index (χ1v) is 12.1. The summed E-state index contributed by atoms with van der Waals surface area (Å²) in [7, 11) is 0. The molecular weight excluding hydrogens is 506 g/mol. The van der Waals surface area contributed by atoms with Gasteiger partial charge in [0.1, 0.15) is 5.82 Å². The Bertz CT molecular complexity index is 1080. The van der Waals surface area contributed by atoms with Crippen LogP contribution in [0.3, 0.4) is 0 Å². The minimum Gasteiger partial charge on any atom is -0.475 e. The normalized spacial score (nSPS) is 13.8. The molecule has 11 heteroatoms. The fourth-order valence-electron chi connectivity index (χ4n) is 3.66. The van der Waals surface area contributed by atoms with E-state index in [4.69, 9.17) is 9.90 Å². The molecule has 0 aromatic heterocycles. The molecule has 0 bridgehead atoms. The molecule has 0 aliphatic carbocycles. The van der Waals surface area contributed by atoms with Crippen LogP contribution >= 0.6 is 0 Å². The number of hydrogen-bond acceptors (Lipinski definition) is 4. The molecule has 2 aromatic rings. The van der Waals surface area contributed by atoms with E-state index in [-0.39, 0.29) is 29.5 Å². The highest BCUT2D eigenvalue weighted by atomic mass is 19.4. The van der Waals surface area contributed by atoms with E-state index < -0.39 is 12.1 Å². The topological polar surface area (TPSA) is 90.0 Å². The van der Waals surface area contributed by atoms with Gasteiger partial charge in [-0.05, 0) is 40.8 Å². The number of nitrogens with zero attached hydrogens (tertiary/aromatic N) is 2. The van der Waals surface area contributed by atoms with Crippen LogP contribution in [0.4, 0.5) is 17.6 Å². The van der Waals surface area contributed by atoms with Crippen molar-refractivity contribution in [1.82, 2.24) is 15.1 Å². The second-order valence-electron chi connectivity index (χ2n) is 9.86. The molecule has 0 spiro atoms. The molecule has 0 saturated carbocycles. The number of carbonyl (C=O) groups excluding carboxylic acids is 2. The zero-order valence-corrected chi connectivity index (χ0v) is 21.6. The molecule has 0 radical (unpaired) electrons. The van der Waals surface area contributed by atoms with Crippen LogP contribution in [-0.4, -0.2) is 71.6 Å². The van der Waals surface area contributed by atoms with Gasteiger partial charge in [0.15, 0.2) is 0 Å². The van der Waals surface area contributed by atoms with Crippen LogP contribution in [0.25, 0.3) is 0 Å². The maximum Gasteiger partial charge on any atom is 0.490 e. The smallest absolute Gasteiger partial charge is 0.475 e. The first-order chi connectivity index (χ1) is 17.7. The average Bonchev–Trinajstić information content (AvgIpc) is 2.87. The van der Waals surface area contributed by atoms with Crippen molar-refractivity contribution >= 4 is 17.8 Å². The van der Waals surface area contributed by atoms with Gasteiger partial charge >= 0.3 is 12.1 Å². The molecule has 0 unspecified atom stereocenters. The molecule has 3 rings (SSSR count). The van der Waals surface area contributed by atoms with Crippen LogP contribution < -0.4 is 5.32 Å². The third kappa shape index (κ3) is 9.77. The van der Waals surface area contributed by atoms with Crippen LogP contribution in [0.1, 0.15) is 48.7 Å². The number of aliphatic carboxylic acids is 1. The number of nitrogens with one attached hydrogen (secondary N) is 1. The fourth-order valence-corrected chi connectivity index (χ4v) is 3.66. The van der Waals surface area contributed by atoms with Crippen LogP contribution in [0.5, 0.6) is 0 Å². The lowest BCUT2D eigenvalue weighted by molar-refractivity contribution is -0.192. The van der Waals surface area contributed by atoms with Gasteiger partial charge in [0, 0.05) is 51.3 Å². The third-order valence-electron chi connectivity index (χ3n) is 5.88. The van der Waals surface area contributed by atoms with E-state index in [1.165, 1.54) is 12.1 Å². The van der Waals surface area contributed by atoms with Gasteiger partial charge in [-0.15, -0.1) is 0 Å². The van der Waals surface area contributed by atoms with Gasteiger partial charge in [0.05, 0.1) is 0 Å². The Kier molecular flexibility index (Phi) is 10.8. The van der Waals surface area contributed by atoms with Gasteiger partial charge in [-0.25, -0.2) is 9.18 Å². The van der Waals surface area contributed by atoms with Crippen LogP contribution in [0.2, 0.25) is 0 Å². The van der Waals surface area contributed by atoms with E-state index in [0.717, 1.165) is 24.2 Å². The van der Waals surface area contributed by atoms with Crippen LogP contribution in [0, 0.1) is 5.82 Å². The molecular formula is C27H33F4N3O4. The number of benzene rings is 2. The van der Waals surface area contributed by atoms with Gasteiger partial charge in [-0.2, -0.15) is 13.2 Å². The minimum atomic E-state index is -5.08. The predicted octanol–water partition coefficient (Wildman–Crippen LogP) is 4.22. The molecule has 1 saturated heterocycles. The Morgan fingerprint density at radius 3 is 1.95 bits per heavy atom. The lowest BCUT2D eigenvalue weighted by atomic mass is 9.86. The summed E-state index contributed by atoms with van der Waals surface area (Å²) in [5.41, 5.74) is 2.58. The zero-order chi connectivity index (χ0) is 28.5. The van der Waals surface area contributed by atoms with Crippen molar-refractivity contribution in [2.45, 2.75) is 45.3 Å². The molecule has 1 fully saturated rings. The van der Waals surface area contributed by atoms with Gasteiger partial charge < -0.3 is 20.2 Å². The average molecular weight is 540 g/mol. The van der Waals surface area contributed by atoms with E-state index >= 15 is 0 Å². The van der Waals surface area contributed by atoms with Gasteiger partial charge in [-0.3, -0.25) is 9.59 Å². The number of amides is 2. The molecule has 2 N–H and O–H groups in total. The Labute approximate surface area is 219 Å². The molecule has 1 heterocycles. The molecule has 1 aliphatic rings. The highest BCUT2D eigenvalue weighted by molar-refractivity contribution is 5.94. The number of rotatable bonds is 6. The molecule has 208 valence electrons. The number of alkyl halides is 3. The summed E-state index contributed by atoms with van der Waals surface area (Å²) in [6.45, 7) is 10.0. The van der Waals surface area contributed by atoms with Crippen molar-refractivity contribution in [2.24, 2.45) is 0 Å². The quantitative estimate of drug-likeness (QED) is 0.537. The Balaban J connectivity index is 0.000000638. The highest BCUT2D eigenvalue weighted by Crippen LogP contribution is 2.23. The number of halogens is 4. The van der Waals surface area contributed by atoms with Crippen molar-refractivity contribution in [3.05, 3.63) is 71.0 Å². The number of hydrogen-bond donors (Lipinski definition) is 2. The second kappa shape index (κ2) is 13.4. The summed E-state index contributed by atoms with van der Waals surface area (Å²) in [6.07, 6.45) is -4.81. The second-order valence-corrected chi connectivity index (χ2v) is 9.86. The monoisotopic (exact) mass is 539 g/mol. The maximum absolute atomic E-state index is 13.3. The van der Waals surface area contributed by atoms with Gasteiger partial charge in [-0.1, -0.05) is 45.0 Å². The lowest BCUT2D eigenvalue weighted by Gasteiger charge is -2.29. The summed E-state index contributed by atoms with van der Waals surface area (Å²) in [4.78, 5) is 38.3. The summed E-state index contributed by atoms with van der Waals surface area (Å²) < 4.78 is 45.0. The molecule has 38 heavy (non-hydrogen) atoms. The molecule has 2 aromatic carbocycles.